The zero-order valence-electron chi connectivity index (χ0n) is 14.3. The molecule has 136 valence electrons. The van der Waals surface area contributed by atoms with E-state index in [1.54, 1.807) is 50.2 Å². The number of nitrogens with zero attached hydrogens (tertiary/aromatic N) is 1. The van der Waals surface area contributed by atoms with E-state index in [1.165, 1.54) is 12.4 Å². The van der Waals surface area contributed by atoms with Crippen LogP contribution in [0.25, 0.3) is 0 Å². The number of carbonyl (C=O) groups excluding carboxylic acids is 3. The first-order valence-corrected chi connectivity index (χ1v) is 8.33. The molecular formula is C18H19ClN4O3. The maximum Gasteiger partial charge on any atom is 0.271 e. The molecule has 3 N–H and O–H groups in total. The summed E-state index contributed by atoms with van der Waals surface area (Å²) in [5.41, 5.74) is 5.32. The van der Waals surface area contributed by atoms with E-state index in [-0.39, 0.29) is 5.92 Å². The van der Waals surface area contributed by atoms with Gasteiger partial charge in [-0.25, -0.2) is 0 Å². The summed E-state index contributed by atoms with van der Waals surface area (Å²) in [6, 6.07) is 8.67. The van der Waals surface area contributed by atoms with Gasteiger partial charge in [0.1, 0.15) is 6.04 Å². The van der Waals surface area contributed by atoms with Gasteiger partial charge in [-0.05, 0) is 42.3 Å². The summed E-state index contributed by atoms with van der Waals surface area (Å²) in [7, 11) is 0. The average molecular weight is 375 g/mol. The third-order valence-electron chi connectivity index (χ3n) is 3.57. The van der Waals surface area contributed by atoms with Crippen molar-refractivity contribution < 1.29 is 14.4 Å². The Kier molecular flexibility index (Phi) is 6.68. The largest absolute Gasteiger partial charge is 0.340 e. The number of pyridine rings is 1. The standard InChI is InChI=1S/C18H19ClN4O3/c1-11(2)15(21-16(24)12-5-7-14(19)8-6-12)18(26)23-22-17(25)13-4-3-9-20-10-13/h3-11,15H,1-2H3,(H,21,24)(H,22,25)(H,23,26)/t15-/m0/s1. The number of amides is 3. The van der Waals surface area contributed by atoms with Crippen LogP contribution < -0.4 is 16.2 Å². The molecule has 26 heavy (non-hydrogen) atoms. The Hall–Kier alpha value is -2.93. The van der Waals surface area contributed by atoms with E-state index in [4.69, 9.17) is 11.6 Å². The SMILES string of the molecule is CC(C)[C@H](NC(=O)c1ccc(Cl)cc1)C(=O)NNC(=O)c1cccnc1. The molecule has 2 rings (SSSR count). The van der Waals surface area contributed by atoms with Crippen molar-refractivity contribution in [2.24, 2.45) is 5.92 Å². The van der Waals surface area contributed by atoms with Crippen LogP contribution in [0.3, 0.4) is 0 Å². The molecule has 0 fully saturated rings. The highest BCUT2D eigenvalue weighted by Gasteiger charge is 2.25. The third-order valence-corrected chi connectivity index (χ3v) is 3.82. The molecule has 0 radical (unpaired) electrons. The maximum absolute atomic E-state index is 12.4. The Labute approximate surface area is 156 Å². The van der Waals surface area contributed by atoms with Gasteiger partial charge in [-0.3, -0.25) is 30.2 Å². The number of hydrazine groups is 1. The number of hydrogen-bond acceptors (Lipinski definition) is 4. The van der Waals surface area contributed by atoms with Gasteiger partial charge in [-0.15, -0.1) is 0 Å². The van der Waals surface area contributed by atoms with Crippen LogP contribution >= 0.6 is 11.6 Å². The minimum absolute atomic E-state index is 0.193. The van der Waals surface area contributed by atoms with Gasteiger partial charge in [0, 0.05) is 23.0 Å². The molecule has 7 nitrogen and oxygen atoms in total. The van der Waals surface area contributed by atoms with E-state index >= 15 is 0 Å². The minimum atomic E-state index is -0.827. The zero-order valence-corrected chi connectivity index (χ0v) is 15.1. The highest BCUT2D eigenvalue weighted by molar-refractivity contribution is 6.30. The fraction of sp³-hybridized carbons (Fsp3) is 0.222. The van der Waals surface area contributed by atoms with Crippen molar-refractivity contribution in [2.75, 3.05) is 0 Å². The van der Waals surface area contributed by atoms with Crippen LogP contribution in [0.5, 0.6) is 0 Å². The van der Waals surface area contributed by atoms with Gasteiger partial charge < -0.3 is 5.32 Å². The zero-order chi connectivity index (χ0) is 19.1. The van der Waals surface area contributed by atoms with Crippen molar-refractivity contribution in [3.63, 3.8) is 0 Å². The van der Waals surface area contributed by atoms with Crippen LogP contribution in [-0.2, 0) is 4.79 Å². The summed E-state index contributed by atoms with van der Waals surface area (Å²) < 4.78 is 0. The summed E-state index contributed by atoms with van der Waals surface area (Å²) in [6.45, 7) is 3.57. The Morgan fingerprint density at radius 2 is 1.65 bits per heavy atom. The molecule has 3 amide bonds. The molecule has 0 bridgehead atoms. The lowest BCUT2D eigenvalue weighted by Crippen LogP contribution is -2.54. The third kappa shape index (κ3) is 5.29. The van der Waals surface area contributed by atoms with E-state index in [1.807, 2.05) is 0 Å². The Bertz CT molecular complexity index is 779. The van der Waals surface area contributed by atoms with Crippen LogP contribution in [0, 0.1) is 5.92 Å². The number of rotatable bonds is 5. The predicted octanol–water partition coefficient (Wildman–Crippen LogP) is 1.95. The quantitative estimate of drug-likeness (QED) is 0.696. The molecule has 8 heteroatoms. The number of carbonyl (C=O) groups is 3. The van der Waals surface area contributed by atoms with Gasteiger partial charge in [-0.1, -0.05) is 25.4 Å². The van der Waals surface area contributed by atoms with Crippen LogP contribution in [0.2, 0.25) is 5.02 Å². The number of aromatic nitrogens is 1. The van der Waals surface area contributed by atoms with Gasteiger partial charge >= 0.3 is 0 Å². The number of benzene rings is 1. The van der Waals surface area contributed by atoms with Gasteiger partial charge in [0.05, 0.1) is 5.56 Å². The predicted molar refractivity (Wildman–Crippen MR) is 97.4 cm³/mol. The van der Waals surface area contributed by atoms with E-state index in [0.29, 0.717) is 16.1 Å². The van der Waals surface area contributed by atoms with Crippen LogP contribution in [0.1, 0.15) is 34.6 Å². The molecule has 0 spiro atoms. The lowest BCUT2D eigenvalue weighted by atomic mass is 10.0. The maximum atomic E-state index is 12.4. The van der Waals surface area contributed by atoms with Gasteiger partial charge in [-0.2, -0.15) is 0 Å². The molecule has 0 saturated heterocycles. The summed E-state index contributed by atoms with van der Waals surface area (Å²) in [6.07, 6.45) is 2.92. The summed E-state index contributed by atoms with van der Waals surface area (Å²) in [4.78, 5) is 40.5. The van der Waals surface area contributed by atoms with Crippen molar-refractivity contribution in [1.29, 1.82) is 0 Å². The smallest absolute Gasteiger partial charge is 0.271 e. The number of halogens is 1. The Morgan fingerprint density at radius 3 is 2.23 bits per heavy atom. The molecule has 0 unspecified atom stereocenters. The highest BCUT2D eigenvalue weighted by Crippen LogP contribution is 2.10. The molecule has 1 aromatic heterocycles. The first-order valence-electron chi connectivity index (χ1n) is 7.95. The number of nitrogens with one attached hydrogen (secondary N) is 3. The first-order chi connectivity index (χ1) is 12.4. The molecule has 1 heterocycles. The lowest BCUT2D eigenvalue weighted by Gasteiger charge is -2.22. The van der Waals surface area contributed by atoms with Crippen LogP contribution in [0.4, 0.5) is 0 Å². The first kappa shape index (κ1) is 19.4. The summed E-state index contributed by atoms with van der Waals surface area (Å²) >= 11 is 5.80. The van der Waals surface area contributed by atoms with E-state index in [2.05, 4.69) is 21.2 Å². The fourth-order valence-electron chi connectivity index (χ4n) is 2.13. The van der Waals surface area contributed by atoms with Crippen molar-refractivity contribution in [2.45, 2.75) is 19.9 Å². The topological polar surface area (TPSA) is 100 Å². The average Bonchev–Trinajstić information content (AvgIpc) is 2.64. The molecule has 1 atom stereocenters. The summed E-state index contributed by atoms with van der Waals surface area (Å²) in [5, 5.41) is 3.17. The molecule has 2 aromatic rings. The van der Waals surface area contributed by atoms with E-state index in [0.717, 1.165) is 0 Å². The van der Waals surface area contributed by atoms with Crippen molar-refractivity contribution in [3.05, 3.63) is 64.9 Å². The lowest BCUT2D eigenvalue weighted by molar-refractivity contribution is -0.124. The van der Waals surface area contributed by atoms with Crippen LogP contribution in [0.15, 0.2) is 48.8 Å². The second-order valence-electron chi connectivity index (χ2n) is 5.89. The normalized spacial score (nSPS) is 11.5. The minimum Gasteiger partial charge on any atom is -0.340 e. The van der Waals surface area contributed by atoms with Crippen molar-refractivity contribution in [3.8, 4) is 0 Å². The second kappa shape index (κ2) is 8.96. The Balaban J connectivity index is 1.97. The van der Waals surface area contributed by atoms with Crippen LogP contribution in [-0.4, -0.2) is 28.7 Å². The van der Waals surface area contributed by atoms with E-state index < -0.39 is 23.8 Å². The van der Waals surface area contributed by atoms with Gasteiger partial charge in [0.15, 0.2) is 0 Å². The van der Waals surface area contributed by atoms with Gasteiger partial charge in [0.2, 0.25) is 0 Å². The fourth-order valence-corrected chi connectivity index (χ4v) is 2.25. The Morgan fingerprint density at radius 1 is 0.962 bits per heavy atom. The summed E-state index contributed by atoms with van der Waals surface area (Å²) in [5.74, 6) is -1.63. The second-order valence-corrected chi connectivity index (χ2v) is 6.32. The molecule has 0 aliphatic carbocycles. The van der Waals surface area contributed by atoms with E-state index in [9.17, 15) is 14.4 Å². The van der Waals surface area contributed by atoms with Gasteiger partial charge in [0.25, 0.3) is 17.7 Å². The van der Waals surface area contributed by atoms with Crippen molar-refractivity contribution in [1.82, 2.24) is 21.2 Å². The molecular weight excluding hydrogens is 356 g/mol. The number of hydrogen-bond donors (Lipinski definition) is 3. The van der Waals surface area contributed by atoms with Crippen molar-refractivity contribution >= 4 is 29.3 Å². The molecule has 1 aromatic carbocycles. The molecule has 0 aliphatic heterocycles. The highest BCUT2D eigenvalue weighted by atomic mass is 35.5. The molecule has 0 aliphatic rings. The monoisotopic (exact) mass is 374 g/mol. The molecule has 0 saturated carbocycles.